The van der Waals surface area contributed by atoms with Crippen LogP contribution in [0.15, 0.2) is 24.3 Å². The number of hydrogen-bond acceptors (Lipinski definition) is 6. The second-order valence-corrected chi connectivity index (χ2v) is 8.61. The number of amides is 1. The van der Waals surface area contributed by atoms with Crippen molar-refractivity contribution in [2.75, 3.05) is 44.3 Å². The van der Waals surface area contributed by atoms with Crippen LogP contribution in [0.5, 0.6) is 0 Å². The maximum Gasteiger partial charge on any atom is 0.280 e. The number of anilines is 1. The van der Waals surface area contributed by atoms with Gasteiger partial charge in [0.2, 0.25) is 0 Å². The fourth-order valence-electron chi connectivity index (χ4n) is 3.37. The molecule has 0 unspecified atom stereocenters. The minimum atomic E-state index is -0.124. The summed E-state index contributed by atoms with van der Waals surface area (Å²) < 4.78 is 8.10. The Kier molecular flexibility index (Phi) is 6.15. The van der Waals surface area contributed by atoms with Crippen LogP contribution in [0.1, 0.15) is 22.6 Å². The van der Waals surface area contributed by atoms with Gasteiger partial charge in [-0.25, -0.2) is 4.98 Å². The summed E-state index contributed by atoms with van der Waals surface area (Å²) in [5.41, 5.74) is 2.23. The lowest BCUT2D eigenvalue weighted by molar-refractivity contribution is 0.0376. The number of nitrogens with zero attached hydrogens (tertiary/aromatic N) is 5. The van der Waals surface area contributed by atoms with Crippen LogP contribution in [0.4, 0.5) is 5.13 Å². The Hall–Kier alpha value is -2.00. The highest BCUT2D eigenvalue weighted by Crippen LogP contribution is 2.31. The first kappa shape index (κ1) is 20.3. The first-order valence-corrected chi connectivity index (χ1v) is 10.9. The lowest BCUT2D eigenvalue weighted by Gasteiger charge is -2.27. The van der Waals surface area contributed by atoms with Crippen molar-refractivity contribution in [1.82, 2.24) is 19.7 Å². The molecule has 0 atom stereocenters. The number of carbonyl (C=O) groups excluding carboxylic acids is 1. The van der Waals surface area contributed by atoms with Crippen molar-refractivity contribution in [2.45, 2.75) is 13.3 Å². The zero-order chi connectivity index (χ0) is 20.4. The fraction of sp³-hybridized carbons (Fsp3) is 0.450. The Morgan fingerprint density at radius 2 is 2.10 bits per heavy atom. The third kappa shape index (κ3) is 4.61. The van der Waals surface area contributed by atoms with Crippen LogP contribution in [0.25, 0.3) is 10.2 Å². The summed E-state index contributed by atoms with van der Waals surface area (Å²) in [6.07, 6.45) is 0.855. The van der Waals surface area contributed by atoms with Crippen molar-refractivity contribution < 1.29 is 9.53 Å². The van der Waals surface area contributed by atoms with E-state index in [-0.39, 0.29) is 5.91 Å². The summed E-state index contributed by atoms with van der Waals surface area (Å²) in [5.74, 6) is -0.124. The standard InChI is InChI=1S/C20H24ClN5O2S/c1-14-12-17(23-24(14)2)19(27)26(7-3-6-25-8-10-28-11-9-25)20-22-16-5-4-15(21)13-18(16)29-20/h4-5,12-13H,3,6-11H2,1-2H3. The van der Waals surface area contributed by atoms with Crippen LogP contribution in [0.2, 0.25) is 5.02 Å². The summed E-state index contributed by atoms with van der Waals surface area (Å²) >= 11 is 7.61. The van der Waals surface area contributed by atoms with E-state index in [1.165, 1.54) is 11.3 Å². The molecule has 0 saturated carbocycles. The van der Waals surface area contributed by atoms with Crippen molar-refractivity contribution in [3.63, 3.8) is 0 Å². The Morgan fingerprint density at radius 1 is 1.31 bits per heavy atom. The first-order valence-electron chi connectivity index (χ1n) is 9.70. The number of aryl methyl sites for hydroxylation is 2. The highest BCUT2D eigenvalue weighted by Gasteiger charge is 2.24. The highest BCUT2D eigenvalue weighted by molar-refractivity contribution is 7.22. The van der Waals surface area contributed by atoms with Crippen LogP contribution in [-0.2, 0) is 11.8 Å². The summed E-state index contributed by atoms with van der Waals surface area (Å²) in [5, 5.41) is 5.72. The number of hydrogen-bond donors (Lipinski definition) is 0. The number of halogens is 1. The van der Waals surface area contributed by atoms with E-state index in [0.29, 0.717) is 22.4 Å². The molecular weight excluding hydrogens is 410 g/mol. The summed E-state index contributed by atoms with van der Waals surface area (Å²) in [4.78, 5) is 22.1. The molecule has 29 heavy (non-hydrogen) atoms. The molecule has 0 aliphatic carbocycles. The number of benzene rings is 1. The number of fused-ring (bicyclic) bond motifs is 1. The molecule has 1 aliphatic rings. The molecule has 3 aromatic rings. The summed E-state index contributed by atoms with van der Waals surface area (Å²) in [7, 11) is 1.84. The van der Waals surface area contributed by atoms with Crippen molar-refractivity contribution >= 4 is 44.2 Å². The predicted octanol–water partition coefficient (Wildman–Crippen LogP) is 3.36. The van der Waals surface area contributed by atoms with Gasteiger partial charge in [0.25, 0.3) is 5.91 Å². The SMILES string of the molecule is Cc1cc(C(=O)N(CCCN2CCOCC2)c2nc3ccc(Cl)cc3s2)nn1C. The second kappa shape index (κ2) is 8.79. The normalized spacial score (nSPS) is 15.1. The van der Waals surface area contributed by atoms with Gasteiger partial charge in [0.05, 0.1) is 23.4 Å². The van der Waals surface area contributed by atoms with E-state index in [9.17, 15) is 4.79 Å². The molecule has 154 valence electrons. The van der Waals surface area contributed by atoms with Gasteiger partial charge in [-0.1, -0.05) is 22.9 Å². The number of carbonyl (C=O) groups is 1. The molecule has 4 rings (SSSR count). The first-order chi connectivity index (χ1) is 14.0. The molecule has 7 nitrogen and oxygen atoms in total. The van der Waals surface area contributed by atoms with Crippen LogP contribution in [0.3, 0.4) is 0 Å². The molecule has 1 fully saturated rings. The van der Waals surface area contributed by atoms with Crippen molar-refractivity contribution in [3.05, 3.63) is 40.7 Å². The second-order valence-electron chi connectivity index (χ2n) is 7.17. The van der Waals surface area contributed by atoms with Crippen molar-refractivity contribution in [1.29, 1.82) is 0 Å². The molecule has 9 heteroatoms. The summed E-state index contributed by atoms with van der Waals surface area (Å²) in [6, 6.07) is 7.42. The molecule has 1 aliphatic heterocycles. The lowest BCUT2D eigenvalue weighted by Crippen LogP contribution is -2.39. The quantitative estimate of drug-likeness (QED) is 0.596. The van der Waals surface area contributed by atoms with Crippen LogP contribution >= 0.6 is 22.9 Å². The number of thiazole rings is 1. The van der Waals surface area contributed by atoms with E-state index < -0.39 is 0 Å². The number of rotatable bonds is 6. The Morgan fingerprint density at radius 3 is 2.83 bits per heavy atom. The molecule has 1 saturated heterocycles. The van der Waals surface area contributed by atoms with Gasteiger partial charge in [-0.3, -0.25) is 19.3 Å². The monoisotopic (exact) mass is 433 g/mol. The number of morpholine rings is 1. The molecule has 0 bridgehead atoms. The predicted molar refractivity (Wildman–Crippen MR) is 116 cm³/mol. The molecule has 0 radical (unpaired) electrons. The Balaban J connectivity index is 1.57. The van der Waals surface area contributed by atoms with Gasteiger partial charge in [-0.15, -0.1) is 0 Å². The van der Waals surface area contributed by atoms with Gasteiger partial charge >= 0.3 is 0 Å². The molecular formula is C20H24ClN5O2S. The van der Waals surface area contributed by atoms with Gasteiger partial charge in [0, 0.05) is 43.9 Å². The largest absolute Gasteiger partial charge is 0.379 e. The van der Waals surface area contributed by atoms with Gasteiger partial charge < -0.3 is 4.74 Å². The Bertz CT molecular complexity index is 992. The highest BCUT2D eigenvalue weighted by atomic mass is 35.5. The average Bonchev–Trinajstić information content (AvgIpc) is 3.28. The van der Waals surface area contributed by atoms with E-state index in [4.69, 9.17) is 21.3 Å². The van der Waals surface area contributed by atoms with Gasteiger partial charge in [-0.2, -0.15) is 5.10 Å². The lowest BCUT2D eigenvalue weighted by atomic mass is 10.3. The van der Waals surface area contributed by atoms with Crippen molar-refractivity contribution in [2.24, 2.45) is 7.05 Å². The van der Waals surface area contributed by atoms with Crippen molar-refractivity contribution in [3.8, 4) is 0 Å². The number of ether oxygens (including phenoxy) is 1. The third-order valence-corrected chi connectivity index (χ3v) is 6.38. The Labute approximate surface area is 178 Å². The zero-order valence-corrected chi connectivity index (χ0v) is 18.2. The van der Waals surface area contributed by atoms with E-state index in [1.54, 1.807) is 9.58 Å². The van der Waals surface area contributed by atoms with Crippen LogP contribution < -0.4 is 4.90 Å². The topological polar surface area (TPSA) is 63.5 Å². The van der Waals surface area contributed by atoms with Gasteiger partial charge in [0.1, 0.15) is 0 Å². The molecule has 0 N–H and O–H groups in total. The van der Waals surface area contributed by atoms with Crippen LogP contribution in [0, 0.1) is 6.92 Å². The van der Waals surface area contributed by atoms with E-state index in [2.05, 4.69) is 10.00 Å². The van der Waals surface area contributed by atoms with Crippen LogP contribution in [-0.4, -0.2) is 65.0 Å². The molecule has 3 heterocycles. The number of aromatic nitrogens is 3. The van der Waals surface area contributed by atoms with E-state index in [0.717, 1.165) is 55.2 Å². The minimum absolute atomic E-state index is 0.124. The molecule has 1 aromatic carbocycles. The maximum absolute atomic E-state index is 13.3. The van der Waals surface area contributed by atoms with E-state index in [1.807, 2.05) is 38.2 Å². The maximum atomic E-state index is 13.3. The fourth-order valence-corrected chi connectivity index (χ4v) is 4.63. The summed E-state index contributed by atoms with van der Waals surface area (Å²) in [6.45, 7) is 6.86. The van der Waals surface area contributed by atoms with Gasteiger partial charge in [-0.05, 0) is 37.6 Å². The molecule has 1 amide bonds. The zero-order valence-electron chi connectivity index (χ0n) is 16.6. The van der Waals surface area contributed by atoms with Gasteiger partial charge in [0.15, 0.2) is 10.8 Å². The molecule has 2 aromatic heterocycles. The third-order valence-electron chi connectivity index (χ3n) is 5.11. The minimum Gasteiger partial charge on any atom is -0.379 e. The average molecular weight is 434 g/mol. The molecule has 0 spiro atoms. The van der Waals surface area contributed by atoms with E-state index >= 15 is 0 Å². The smallest absolute Gasteiger partial charge is 0.280 e.